The van der Waals surface area contributed by atoms with Crippen LogP contribution in [-0.4, -0.2) is 15.6 Å². The molecule has 2 heterocycles. The number of benzene rings is 1. The number of hydrogen-bond donors (Lipinski definition) is 0. The summed E-state index contributed by atoms with van der Waals surface area (Å²) < 4.78 is 13.0. The molecule has 0 atom stereocenters. The summed E-state index contributed by atoms with van der Waals surface area (Å²) >= 11 is 12.1. The molecule has 0 saturated carbocycles. The molecule has 0 unspecified atom stereocenters. The first-order valence-electron chi connectivity index (χ1n) is 8.25. The first-order chi connectivity index (χ1) is 12.9. The van der Waals surface area contributed by atoms with Gasteiger partial charge in [-0.05, 0) is 50.3 Å². The minimum atomic E-state index is -0.113. The maximum atomic E-state index is 12.4. The topological polar surface area (TPSA) is 57.3 Å². The molecular formula is C20H18Cl2N2O3. The van der Waals surface area contributed by atoms with Crippen LogP contribution in [0.1, 0.15) is 33.3 Å². The lowest BCUT2D eigenvalue weighted by atomic mass is 10.1. The van der Waals surface area contributed by atoms with E-state index in [0.29, 0.717) is 38.6 Å². The van der Waals surface area contributed by atoms with Crippen molar-refractivity contribution < 1.29 is 13.9 Å². The van der Waals surface area contributed by atoms with E-state index in [1.54, 1.807) is 41.1 Å². The Balaban J connectivity index is 1.66. The van der Waals surface area contributed by atoms with Gasteiger partial charge in [0.25, 0.3) is 0 Å². The average molecular weight is 405 g/mol. The first kappa shape index (κ1) is 19.3. The highest BCUT2D eigenvalue weighted by Crippen LogP contribution is 2.32. The maximum Gasteiger partial charge on any atom is 0.189 e. The average Bonchev–Trinajstić information content (AvgIpc) is 3.18. The van der Waals surface area contributed by atoms with E-state index in [1.165, 1.54) is 6.08 Å². The van der Waals surface area contributed by atoms with E-state index in [4.69, 9.17) is 32.4 Å². The van der Waals surface area contributed by atoms with Crippen molar-refractivity contribution in [2.24, 2.45) is 7.05 Å². The highest BCUT2D eigenvalue weighted by Gasteiger charge is 2.15. The second-order valence-corrected chi connectivity index (χ2v) is 6.80. The molecule has 0 bridgehead atoms. The van der Waals surface area contributed by atoms with E-state index in [1.807, 2.05) is 20.9 Å². The molecule has 1 aromatic carbocycles. The Kier molecular flexibility index (Phi) is 5.73. The van der Waals surface area contributed by atoms with Crippen LogP contribution in [0.4, 0.5) is 0 Å². The van der Waals surface area contributed by atoms with Gasteiger partial charge in [-0.3, -0.25) is 9.48 Å². The summed E-state index contributed by atoms with van der Waals surface area (Å²) in [6.07, 6.45) is 3.11. The highest BCUT2D eigenvalue weighted by molar-refractivity contribution is 6.42. The zero-order valence-corrected chi connectivity index (χ0v) is 16.6. The van der Waals surface area contributed by atoms with Gasteiger partial charge in [-0.2, -0.15) is 5.10 Å². The van der Waals surface area contributed by atoms with Crippen LogP contribution in [0.3, 0.4) is 0 Å². The normalized spacial score (nSPS) is 11.3. The summed E-state index contributed by atoms with van der Waals surface area (Å²) in [6.45, 7) is 3.88. The smallest absolute Gasteiger partial charge is 0.189 e. The van der Waals surface area contributed by atoms with Crippen molar-refractivity contribution in [1.29, 1.82) is 0 Å². The van der Waals surface area contributed by atoms with Gasteiger partial charge in [0, 0.05) is 12.7 Å². The lowest BCUT2D eigenvalue weighted by Crippen LogP contribution is -1.99. The fraction of sp³-hybridized carbons (Fsp3) is 0.200. The molecule has 3 aromatic rings. The maximum absolute atomic E-state index is 12.4. The van der Waals surface area contributed by atoms with Crippen LogP contribution in [0.15, 0.2) is 40.8 Å². The van der Waals surface area contributed by atoms with E-state index in [2.05, 4.69) is 5.10 Å². The number of furan rings is 1. The molecule has 140 valence electrons. The Bertz CT molecular complexity index is 1020. The number of rotatable bonds is 6. The number of ketones is 1. The predicted molar refractivity (Wildman–Crippen MR) is 106 cm³/mol. The minimum Gasteiger partial charge on any atom is -0.484 e. The Morgan fingerprint density at radius 1 is 1.26 bits per heavy atom. The van der Waals surface area contributed by atoms with Crippen LogP contribution in [0.5, 0.6) is 5.75 Å². The molecule has 3 rings (SSSR count). The van der Waals surface area contributed by atoms with E-state index in [9.17, 15) is 4.79 Å². The third kappa shape index (κ3) is 4.26. The van der Waals surface area contributed by atoms with Crippen LogP contribution >= 0.6 is 23.2 Å². The number of ether oxygens (including phenoxy) is 1. The van der Waals surface area contributed by atoms with Crippen molar-refractivity contribution in [3.63, 3.8) is 0 Å². The summed E-state index contributed by atoms with van der Waals surface area (Å²) in [5.74, 6) is 1.53. The largest absolute Gasteiger partial charge is 0.484 e. The van der Waals surface area contributed by atoms with Gasteiger partial charge in [0.2, 0.25) is 0 Å². The second-order valence-electron chi connectivity index (χ2n) is 6.01. The number of carbonyl (C=O) groups excluding carboxylic acids is 1. The Morgan fingerprint density at radius 3 is 2.74 bits per heavy atom. The van der Waals surface area contributed by atoms with E-state index in [-0.39, 0.29) is 12.4 Å². The van der Waals surface area contributed by atoms with Gasteiger partial charge in [-0.25, -0.2) is 0 Å². The molecule has 0 saturated heterocycles. The number of allylic oxidation sites excluding steroid dienone is 1. The van der Waals surface area contributed by atoms with Crippen molar-refractivity contribution in [2.75, 3.05) is 0 Å². The number of aryl methyl sites for hydroxylation is 2. The number of carbonyl (C=O) groups is 1. The van der Waals surface area contributed by atoms with Crippen molar-refractivity contribution in [3.8, 4) is 5.75 Å². The van der Waals surface area contributed by atoms with Gasteiger partial charge in [-0.1, -0.05) is 29.3 Å². The van der Waals surface area contributed by atoms with Gasteiger partial charge in [-0.15, -0.1) is 0 Å². The van der Waals surface area contributed by atoms with Crippen LogP contribution in [-0.2, 0) is 13.7 Å². The minimum absolute atomic E-state index is 0.113. The summed E-state index contributed by atoms with van der Waals surface area (Å²) in [4.78, 5) is 12.4. The molecule has 2 aromatic heterocycles. The monoisotopic (exact) mass is 404 g/mol. The van der Waals surface area contributed by atoms with Crippen molar-refractivity contribution in [1.82, 2.24) is 9.78 Å². The summed E-state index contributed by atoms with van der Waals surface area (Å²) in [6, 6.07) is 8.73. The summed E-state index contributed by atoms with van der Waals surface area (Å²) in [5.41, 5.74) is 2.14. The van der Waals surface area contributed by atoms with E-state index in [0.717, 1.165) is 5.69 Å². The third-order valence-corrected chi connectivity index (χ3v) is 4.92. The fourth-order valence-electron chi connectivity index (χ4n) is 2.68. The molecule has 5 nitrogen and oxygen atoms in total. The lowest BCUT2D eigenvalue weighted by molar-refractivity contribution is 0.104. The first-order valence-corrected chi connectivity index (χ1v) is 9.00. The zero-order chi connectivity index (χ0) is 19.6. The van der Waals surface area contributed by atoms with E-state index < -0.39 is 0 Å². The predicted octanol–water partition coefficient (Wildman–Crippen LogP) is 5.41. The van der Waals surface area contributed by atoms with Gasteiger partial charge < -0.3 is 9.15 Å². The highest BCUT2D eigenvalue weighted by atomic mass is 35.5. The fourth-order valence-corrected chi connectivity index (χ4v) is 3.02. The molecule has 0 N–H and O–H groups in total. The van der Waals surface area contributed by atoms with Gasteiger partial charge in [0.05, 0.1) is 16.3 Å². The quantitative estimate of drug-likeness (QED) is 0.406. The van der Waals surface area contributed by atoms with Crippen molar-refractivity contribution in [2.45, 2.75) is 20.5 Å². The lowest BCUT2D eigenvalue weighted by Gasteiger charge is -2.06. The van der Waals surface area contributed by atoms with Gasteiger partial charge in [0.1, 0.15) is 28.9 Å². The van der Waals surface area contributed by atoms with E-state index >= 15 is 0 Å². The van der Waals surface area contributed by atoms with Gasteiger partial charge >= 0.3 is 0 Å². The Labute approximate surface area is 167 Å². The number of hydrogen-bond acceptors (Lipinski definition) is 4. The van der Waals surface area contributed by atoms with Gasteiger partial charge in [0.15, 0.2) is 5.78 Å². The number of halogens is 2. The number of nitrogens with zero attached hydrogens (tertiary/aromatic N) is 2. The second kappa shape index (κ2) is 8.03. The molecular weight excluding hydrogens is 387 g/mol. The number of aromatic nitrogens is 2. The van der Waals surface area contributed by atoms with Crippen LogP contribution in [0, 0.1) is 13.8 Å². The molecule has 0 fully saturated rings. The van der Waals surface area contributed by atoms with Crippen LogP contribution in [0.25, 0.3) is 6.08 Å². The SMILES string of the molecule is Cc1nn(C)c(C)c1C(=O)/C=C/c1ccc(COc2cccc(Cl)c2Cl)o1. The zero-order valence-electron chi connectivity index (χ0n) is 15.1. The van der Waals surface area contributed by atoms with Crippen LogP contribution < -0.4 is 4.74 Å². The molecule has 0 aliphatic carbocycles. The Morgan fingerprint density at radius 2 is 2.04 bits per heavy atom. The third-order valence-electron chi connectivity index (χ3n) is 4.12. The molecule has 0 radical (unpaired) electrons. The molecule has 27 heavy (non-hydrogen) atoms. The molecule has 0 spiro atoms. The molecule has 0 aliphatic heterocycles. The molecule has 7 heteroatoms. The van der Waals surface area contributed by atoms with Crippen LogP contribution in [0.2, 0.25) is 10.0 Å². The van der Waals surface area contributed by atoms with Crippen molar-refractivity contribution >= 4 is 35.1 Å². The Hall–Kier alpha value is -2.50. The standard InChI is InChI=1S/C20H18Cl2N2O3/c1-12-19(13(2)24(3)23-12)17(25)10-9-14-7-8-15(27-14)11-26-18-6-4-5-16(21)20(18)22/h4-10H,11H2,1-3H3/b10-9+. The van der Waals surface area contributed by atoms with Crippen molar-refractivity contribution in [3.05, 3.63) is 74.9 Å². The summed E-state index contributed by atoms with van der Waals surface area (Å²) in [5, 5.41) is 5.05. The molecule has 0 amide bonds. The molecule has 0 aliphatic rings. The summed E-state index contributed by atoms with van der Waals surface area (Å²) in [7, 11) is 1.81.